The van der Waals surface area contributed by atoms with Crippen LogP contribution in [0.4, 0.5) is 0 Å². The smallest absolute Gasteiger partial charge is 0.146 e. The molecule has 0 unspecified atom stereocenters. The maximum atomic E-state index is 6.15. The molecule has 0 aliphatic heterocycles. The number of rotatable bonds is 4. The van der Waals surface area contributed by atoms with Gasteiger partial charge < -0.3 is 10.1 Å². The molecule has 0 amide bonds. The van der Waals surface area contributed by atoms with Crippen LogP contribution >= 0.6 is 27.5 Å². The zero-order valence-electron chi connectivity index (χ0n) is 10.8. The fourth-order valence-corrected chi connectivity index (χ4v) is 2.51. The van der Waals surface area contributed by atoms with Crippen molar-refractivity contribution in [3.8, 4) is 11.5 Å². The van der Waals surface area contributed by atoms with Gasteiger partial charge in [0, 0.05) is 11.0 Å². The summed E-state index contributed by atoms with van der Waals surface area (Å²) in [6, 6.07) is 11.7. The second-order valence-corrected chi connectivity index (χ2v) is 5.58. The normalized spacial score (nSPS) is 10.5. The zero-order valence-corrected chi connectivity index (χ0v) is 13.2. The van der Waals surface area contributed by atoms with E-state index in [1.165, 1.54) is 5.56 Å². The molecule has 0 spiro atoms. The predicted octanol–water partition coefficient (Wildman–Crippen LogP) is 4.92. The second kappa shape index (κ2) is 6.42. The van der Waals surface area contributed by atoms with E-state index in [2.05, 4.69) is 21.2 Å². The molecular formula is C15H15BrClNO. The van der Waals surface area contributed by atoms with E-state index in [-0.39, 0.29) is 0 Å². The van der Waals surface area contributed by atoms with Crippen molar-refractivity contribution in [2.75, 3.05) is 7.05 Å². The molecule has 0 heterocycles. The molecule has 1 N–H and O–H groups in total. The van der Waals surface area contributed by atoms with E-state index in [1.807, 2.05) is 50.4 Å². The van der Waals surface area contributed by atoms with E-state index in [4.69, 9.17) is 16.3 Å². The molecule has 2 nitrogen and oxygen atoms in total. The van der Waals surface area contributed by atoms with E-state index >= 15 is 0 Å². The number of hydrogen-bond acceptors (Lipinski definition) is 2. The molecular weight excluding hydrogens is 326 g/mol. The third-order valence-corrected chi connectivity index (χ3v) is 3.74. The van der Waals surface area contributed by atoms with Crippen LogP contribution in [0.5, 0.6) is 11.5 Å². The van der Waals surface area contributed by atoms with E-state index in [0.29, 0.717) is 10.8 Å². The van der Waals surface area contributed by atoms with Gasteiger partial charge in [0.2, 0.25) is 0 Å². The number of benzene rings is 2. The molecule has 2 aromatic rings. The summed E-state index contributed by atoms with van der Waals surface area (Å²) in [5.74, 6) is 1.43. The fourth-order valence-electron chi connectivity index (χ4n) is 1.74. The molecule has 100 valence electrons. The third-order valence-electron chi connectivity index (χ3n) is 2.71. The van der Waals surface area contributed by atoms with Gasteiger partial charge in [-0.3, -0.25) is 0 Å². The van der Waals surface area contributed by atoms with Gasteiger partial charge in [0.1, 0.15) is 11.5 Å². The number of nitrogens with one attached hydrogen (secondary N) is 1. The Balaban J connectivity index is 2.21. The summed E-state index contributed by atoms with van der Waals surface area (Å²) in [4.78, 5) is 0. The van der Waals surface area contributed by atoms with Crippen molar-refractivity contribution in [1.82, 2.24) is 5.32 Å². The van der Waals surface area contributed by atoms with Crippen LogP contribution in [-0.4, -0.2) is 7.05 Å². The molecule has 19 heavy (non-hydrogen) atoms. The van der Waals surface area contributed by atoms with Crippen LogP contribution in [0.3, 0.4) is 0 Å². The summed E-state index contributed by atoms with van der Waals surface area (Å²) in [7, 11) is 1.92. The first kappa shape index (κ1) is 14.4. The standard InChI is InChI=1S/C15H15BrClNO/c1-10-3-6-15(14(17)7-10)19-12-5-4-11(9-18-2)13(16)8-12/h3-8,18H,9H2,1-2H3. The van der Waals surface area contributed by atoms with E-state index in [9.17, 15) is 0 Å². The zero-order chi connectivity index (χ0) is 13.8. The van der Waals surface area contributed by atoms with Crippen molar-refractivity contribution in [2.45, 2.75) is 13.5 Å². The van der Waals surface area contributed by atoms with Crippen LogP contribution < -0.4 is 10.1 Å². The van der Waals surface area contributed by atoms with Crippen molar-refractivity contribution < 1.29 is 4.74 Å². The summed E-state index contributed by atoms with van der Waals surface area (Å²) in [5, 5.41) is 3.74. The molecule has 0 aromatic heterocycles. The van der Waals surface area contributed by atoms with Gasteiger partial charge in [-0.05, 0) is 49.4 Å². The van der Waals surface area contributed by atoms with Crippen molar-refractivity contribution >= 4 is 27.5 Å². The van der Waals surface area contributed by atoms with Gasteiger partial charge in [0.15, 0.2) is 0 Å². The first-order valence-corrected chi connectivity index (χ1v) is 7.14. The lowest BCUT2D eigenvalue weighted by molar-refractivity contribution is 0.482. The highest BCUT2D eigenvalue weighted by Gasteiger charge is 2.06. The molecule has 2 rings (SSSR count). The second-order valence-electron chi connectivity index (χ2n) is 4.32. The van der Waals surface area contributed by atoms with Crippen LogP contribution in [0.25, 0.3) is 0 Å². The first-order chi connectivity index (χ1) is 9.10. The highest BCUT2D eigenvalue weighted by molar-refractivity contribution is 9.10. The Morgan fingerprint density at radius 2 is 2.00 bits per heavy atom. The molecule has 4 heteroatoms. The summed E-state index contributed by atoms with van der Waals surface area (Å²) in [6.07, 6.45) is 0. The maximum Gasteiger partial charge on any atom is 0.146 e. The Kier molecular flexibility index (Phi) is 4.86. The van der Waals surface area contributed by atoms with Gasteiger partial charge in [0.05, 0.1) is 5.02 Å². The summed E-state index contributed by atoms with van der Waals surface area (Å²) >= 11 is 9.69. The number of aryl methyl sites for hydroxylation is 1. The van der Waals surface area contributed by atoms with Crippen molar-refractivity contribution in [3.05, 3.63) is 57.0 Å². The lowest BCUT2D eigenvalue weighted by atomic mass is 10.2. The third kappa shape index (κ3) is 3.72. The van der Waals surface area contributed by atoms with E-state index in [0.717, 1.165) is 22.3 Å². The molecule has 0 aliphatic rings. The Labute approximate surface area is 126 Å². The summed E-state index contributed by atoms with van der Waals surface area (Å²) < 4.78 is 6.81. The molecule has 0 aliphatic carbocycles. The number of halogens is 2. The number of ether oxygens (including phenoxy) is 1. The average molecular weight is 341 g/mol. The van der Waals surface area contributed by atoms with Gasteiger partial charge in [-0.15, -0.1) is 0 Å². The molecule has 0 saturated heterocycles. The van der Waals surface area contributed by atoms with Gasteiger partial charge in [-0.1, -0.05) is 39.7 Å². The quantitative estimate of drug-likeness (QED) is 0.852. The van der Waals surface area contributed by atoms with Gasteiger partial charge in [0.25, 0.3) is 0 Å². The lowest BCUT2D eigenvalue weighted by Crippen LogP contribution is -2.05. The highest BCUT2D eigenvalue weighted by Crippen LogP contribution is 2.32. The van der Waals surface area contributed by atoms with Crippen LogP contribution in [0.2, 0.25) is 5.02 Å². The Hall–Kier alpha value is -1.03. The first-order valence-electron chi connectivity index (χ1n) is 5.97. The van der Waals surface area contributed by atoms with Crippen LogP contribution in [0.15, 0.2) is 40.9 Å². The molecule has 0 saturated carbocycles. The molecule has 2 aromatic carbocycles. The van der Waals surface area contributed by atoms with Crippen LogP contribution in [-0.2, 0) is 6.54 Å². The van der Waals surface area contributed by atoms with Gasteiger partial charge >= 0.3 is 0 Å². The Morgan fingerprint density at radius 1 is 1.21 bits per heavy atom. The van der Waals surface area contributed by atoms with Crippen molar-refractivity contribution in [2.24, 2.45) is 0 Å². The number of hydrogen-bond donors (Lipinski definition) is 1. The summed E-state index contributed by atoms with van der Waals surface area (Å²) in [5.41, 5.74) is 2.30. The molecule has 0 bridgehead atoms. The van der Waals surface area contributed by atoms with Crippen LogP contribution in [0.1, 0.15) is 11.1 Å². The average Bonchev–Trinajstić information content (AvgIpc) is 2.36. The minimum absolute atomic E-state index is 0.621. The molecule has 0 fully saturated rings. The minimum atomic E-state index is 0.621. The van der Waals surface area contributed by atoms with Gasteiger partial charge in [-0.2, -0.15) is 0 Å². The largest absolute Gasteiger partial charge is 0.456 e. The Bertz CT molecular complexity index is 586. The molecule has 0 atom stereocenters. The van der Waals surface area contributed by atoms with E-state index < -0.39 is 0 Å². The maximum absolute atomic E-state index is 6.15. The summed E-state index contributed by atoms with van der Waals surface area (Å²) in [6.45, 7) is 2.81. The van der Waals surface area contributed by atoms with E-state index in [1.54, 1.807) is 0 Å². The SMILES string of the molecule is CNCc1ccc(Oc2ccc(C)cc2Cl)cc1Br. The fraction of sp³-hybridized carbons (Fsp3) is 0.200. The lowest BCUT2D eigenvalue weighted by Gasteiger charge is -2.10. The van der Waals surface area contributed by atoms with Gasteiger partial charge in [-0.25, -0.2) is 0 Å². The Morgan fingerprint density at radius 3 is 2.63 bits per heavy atom. The van der Waals surface area contributed by atoms with Crippen molar-refractivity contribution in [1.29, 1.82) is 0 Å². The topological polar surface area (TPSA) is 21.3 Å². The van der Waals surface area contributed by atoms with Crippen molar-refractivity contribution in [3.63, 3.8) is 0 Å². The predicted molar refractivity (Wildman–Crippen MR) is 83.2 cm³/mol. The molecule has 0 radical (unpaired) electrons. The highest BCUT2D eigenvalue weighted by atomic mass is 79.9. The van der Waals surface area contributed by atoms with Crippen LogP contribution in [0, 0.1) is 6.92 Å². The monoisotopic (exact) mass is 339 g/mol. The minimum Gasteiger partial charge on any atom is -0.456 e.